The lowest BCUT2D eigenvalue weighted by Gasteiger charge is -2.49. The summed E-state index contributed by atoms with van der Waals surface area (Å²) in [5, 5.41) is 8.34. The van der Waals surface area contributed by atoms with Crippen LogP contribution in [0.5, 0.6) is 0 Å². The first-order valence-corrected chi connectivity index (χ1v) is 19.8. The van der Waals surface area contributed by atoms with Crippen LogP contribution in [0.15, 0.2) is 77.1 Å². The van der Waals surface area contributed by atoms with Crippen molar-refractivity contribution in [1.29, 1.82) is 0 Å². The zero-order valence-electron chi connectivity index (χ0n) is 32.1. The second-order valence-electron chi connectivity index (χ2n) is 15.1. The van der Waals surface area contributed by atoms with Gasteiger partial charge in [-0.2, -0.15) is 9.36 Å². The molecular weight excluding hydrogens is 784 g/mol. The van der Waals surface area contributed by atoms with E-state index in [-0.39, 0.29) is 28.3 Å². The smallest absolute Gasteiger partial charge is 0.414 e. The molecular formula is C38H43ClN6O9S2. The molecule has 1 saturated heterocycles. The van der Waals surface area contributed by atoms with E-state index in [9.17, 15) is 24.0 Å². The third-order valence-electron chi connectivity index (χ3n) is 7.83. The number of fused-ring (bicyclic) bond motifs is 1. The minimum atomic E-state index is -1.68. The van der Waals surface area contributed by atoms with E-state index in [1.54, 1.807) is 41.5 Å². The molecule has 298 valence electrons. The summed E-state index contributed by atoms with van der Waals surface area (Å²) in [5.74, 6) is -3.10. The number of hydrogen-bond acceptors (Lipinski definition) is 14. The monoisotopic (exact) mass is 826 g/mol. The Bertz CT molecular complexity index is 1990. The maximum absolute atomic E-state index is 14.0. The van der Waals surface area contributed by atoms with Crippen molar-refractivity contribution in [2.75, 3.05) is 16.9 Å². The summed E-state index contributed by atoms with van der Waals surface area (Å²) in [6, 6.07) is 17.3. The summed E-state index contributed by atoms with van der Waals surface area (Å²) < 4.78 is 21.0. The van der Waals surface area contributed by atoms with Gasteiger partial charge in [-0.05, 0) is 72.1 Å². The molecule has 1 aromatic heterocycles. The SMILES string of the molecule is CC(C)(C)OC(=O)Nc1nc(/C(=N\OC(C)(C)C(=O)OC(C)(C)C)C(=O)N[C@@H]2C(=O)N3C(C(=O)OC(c4ccccc4)c4ccccc4)=C(CCl)CS[C@H]23)ns1. The van der Waals surface area contributed by atoms with E-state index in [0.717, 1.165) is 22.7 Å². The Hall–Kier alpha value is -5.00. The predicted molar refractivity (Wildman–Crippen MR) is 211 cm³/mol. The molecule has 1 fully saturated rings. The second-order valence-corrected chi connectivity index (χ2v) is 17.3. The van der Waals surface area contributed by atoms with Gasteiger partial charge >= 0.3 is 18.0 Å². The van der Waals surface area contributed by atoms with Gasteiger partial charge in [-0.15, -0.1) is 23.4 Å². The molecule has 5 rings (SSSR count). The fourth-order valence-electron chi connectivity index (χ4n) is 5.27. The molecule has 0 aliphatic carbocycles. The summed E-state index contributed by atoms with van der Waals surface area (Å²) in [5.41, 5.74) is -1.87. The maximum atomic E-state index is 14.0. The molecule has 56 heavy (non-hydrogen) atoms. The van der Waals surface area contributed by atoms with Crippen LogP contribution in [0.3, 0.4) is 0 Å². The van der Waals surface area contributed by atoms with Crippen LogP contribution in [0.25, 0.3) is 0 Å². The van der Waals surface area contributed by atoms with Crippen LogP contribution in [-0.4, -0.2) is 89.7 Å². The highest BCUT2D eigenvalue weighted by Crippen LogP contribution is 2.42. The quantitative estimate of drug-likeness (QED) is 0.0546. The lowest BCUT2D eigenvalue weighted by Crippen LogP contribution is -2.71. The summed E-state index contributed by atoms with van der Waals surface area (Å²) >= 11 is 8.33. The Labute approximate surface area is 337 Å². The number of oxime groups is 1. The molecule has 3 amide bonds. The number of nitrogens with zero attached hydrogens (tertiary/aromatic N) is 4. The van der Waals surface area contributed by atoms with Crippen LogP contribution < -0.4 is 10.6 Å². The standard InChI is InChI=1S/C38H43ClN6O9S2/c1-36(2,3)52-33(49)38(7,8)54-43-24(28-41-34(56-44-28)42-35(50)53-37(4,5)6)29(46)40-25-30(47)45-26(23(19-39)20-55-31(25)45)32(48)51-27(21-15-11-9-12-16-21)22-17-13-10-14-18-22/h9-18,25,27,31H,19-20H2,1-8H3,(H,40,46)(H,41,42,44,50)/b43-24+/t25-,31-/m1/s1. The highest BCUT2D eigenvalue weighted by molar-refractivity contribution is 8.00. The Kier molecular flexibility index (Phi) is 12.8. The highest BCUT2D eigenvalue weighted by atomic mass is 35.5. The fourth-order valence-corrected chi connectivity index (χ4v) is 7.51. The Balaban J connectivity index is 1.39. The number of aromatic nitrogens is 2. The molecule has 2 aliphatic rings. The summed E-state index contributed by atoms with van der Waals surface area (Å²) in [7, 11) is 0. The maximum Gasteiger partial charge on any atom is 0.414 e. The van der Waals surface area contributed by atoms with Crippen molar-refractivity contribution in [2.24, 2.45) is 5.16 Å². The number of nitrogens with one attached hydrogen (secondary N) is 2. The summed E-state index contributed by atoms with van der Waals surface area (Å²) in [6.45, 7) is 12.9. The number of ether oxygens (including phenoxy) is 3. The molecule has 2 aromatic carbocycles. The molecule has 2 atom stereocenters. The number of halogens is 1. The van der Waals surface area contributed by atoms with Gasteiger partial charge in [0.2, 0.25) is 22.3 Å². The van der Waals surface area contributed by atoms with Crippen LogP contribution in [0, 0.1) is 0 Å². The number of β-lactam (4-membered cyclic amide) rings is 1. The summed E-state index contributed by atoms with van der Waals surface area (Å²) in [4.78, 5) is 78.2. The van der Waals surface area contributed by atoms with Crippen LogP contribution >= 0.6 is 34.9 Å². The molecule has 3 heterocycles. The van der Waals surface area contributed by atoms with Crippen LogP contribution in [0.1, 0.15) is 78.4 Å². The first kappa shape index (κ1) is 42.1. The first-order chi connectivity index (χ1) is 26.3. The van der Waals surface area contributed by atoms with Crippen molar-refractivity contribution in [2.45, 2.75) is 89.7 Å². The van der Waals surface area contributed by atoms with Gasteiger partial charge in [-0.25, -0.2) is 14.4 Å². The van der Waals surface area contributed by atoms with E-state index in [0.29, 0.717) is 5.57 Å². The fraction of sp³-hybridized carbons (Fsp3) is 0.421. The number of esters is 2. The van der Waals surface area contributed by atoms with Crippen LogP contribution in [-0.2, 0) is 38.2 Å². The zero-order chi connectivity index (χ0) is 41.0. The lowest BCUT2D eigenvalue weighted by molar-refractivity contribution is -0.179. The number of amides is 3. The van der Waals surface area contributed by atoms with Crippen molar-refractivity contribution < 1.29 is 43.0 Å². The van der Waals surface area contributed by atoms with Gasteiger partial charge in [0.05, 0.1) is 0 Å². The molecule has 2 N–H and O–H groups in total. The number of rotatable bonds is 12. The van der Waals surface area contributed by atoms with Crippen molar-refractivity contribution in [3.8, 4) is 0 Å². The third kappa shape index (κ3) is 10.2. The number of thioether (sulfide) groups is 1. The van der Waals surface area contributed by atoms with E-state index in [1.807, 2.05) is 60.7 Å². The van der Waals surface area contributed by atoms with Gasteiger partial charge in [0.1, 0.15) is 28.3 Å². The lowest BCUT2D eigenvalue weighted by atomic mass is 10.0. The van der Waals surface area contributed by atoms with Crippen LogP contribution in [0.2, 0.25) is 0 Å². The Morgan fingerprint density at radius 2 is 1.52 bits per heavy atom. The summed E-state index contributed by atoms with van der Waals surface area (Å²) in [6.07, 6.45) is -1.59. The molecule has 3 aromatic rings. The van der Waals surface area contributed by atoms with Gasteiger partial charge in [-0.3, -0.25) is 19.8 Å². The molecule has 0 radical (unpaired) electrons. The molecule has 0 bridgehead atoms. The van der Waals surface area contributed by atoms with Crippen LogP contribution in [0.4, 0.5) is 9.93 Å². The minimum Gasteiger partial charge on any atom is -0.457 e. The van der Waals surface area contributed by atoms with Gasteiger partial charge < -0.3 is 24.4 Å². The Morgan fingerprint density at radius 3 is 2.07 bits per heavy atom. The molecule has 0 saturated carbocycles. The van der Waals surface area contributed by atoms with E-state index in [4.69, 9.17) is 30.6 Å². The normalized spacial score (nSPS) is 17.4. The number of alkyl halides is 1. The average Bonchev–Trinajstić information content (AvgIpc) is 3.58. The number of hydrogen-bond donors (Lipinski definition) is 2. The molecule has 0 unspecified atom stereocenters. The van der Waals surface area contributed by atoms with Gasteiger partial charge in [0.25, 0.3) is 11.8 Å². The van der Waals surface area contributed by atoms with Crippen molar-refractivity contribution >= 4 is 75.6 Å². The number of carbonyl (C=O) groups is 5. The van der Waals surface area contributed by atoms with Crippen molar-refractivity contribution in [3.63, 3.8) is 0 Å². The number of benzene rings is 2. The molecule has 0 spiro atoms. The van der Waals surface area contributed by atoms with Gasteiger partial charge in [0.15, 0.2) is 6.10 Å². The number of carbonyl (C=O) groups excluding carboxylic acids is 5. The minimum absolute atomic E-state index is 0.00599. The van der Waals surface area contributed by atoms with Gasteiger partial charge in [0, 0.05) is 23.2 Å². The van der Waals surface area contributed by atoms with Gasteiger partial charge in [-0.1, -0.05) is 65.8 Å². The van der Waals surface area contributed by atoms with Crippen molar-refractivity contribution in [3.05, 3.63) is 88.9 Å². The van der Waals surface area contributed by atoms with E-state index >= 15 is 0 Å². The Morgan fingerprint density at radius 1 is 0.929 bits per heavy atom. The third-order valence-corrected chi connectivity index (χ3v) is 10.1. The number of anilines is 1. The molecule has 18 heteroatoms. The molecule has 2 aliphatic heterocycles. The second kappa shape index (κ2) is 17.0. The topological polar surface area (TPSA) is 188 Å². The van der Waals surface area contributed by atoms with Crippen molar-refractivity contribution in [1.82, 2.24) is 19.6 Å². The van der Waals surface area contributed by atoms with E-state index in [2.05, 4.69) is 25.1 Å². The highest BCUT2D eigenvalue weighted by Gasteiger charge is 2.55. The largest absolute Gasteiger partial charge is 0.457 e. The zero-order valence-corrected chi connectivity index (χ0v) is 34.5. The van der Waals surface area contributed by atoms with E-state index in [1.165, 1.54) is 30.5 Å². The molecule has 15 nitrogen and oxygen atoms in total. The van der Waals surface area contributed by atoms with E-state index < -0.39 is 69.9 Å². The predicted octanol–water partition coefficient (Wildman–Crippen LogP) is 5.95. The first-order valence-electron chi connectivity index (χ1n) is 17.5. The average molecular weight is 827 g/mol.